The minimum atomic E-state index is 1.15. The van der Waals surface area contributed by atoms with E-state index in [-0.39, 0.29) is 0 Å². The van der Waals surface area contributed by atoms with Crippen LogP contribution in [0.25, 0.3) is 89.0 Å². The van der Waals surface area contributed by atoms with E-state index >= 15 is 0 Å². The van der Waals surface area contributed by atoms with E-state index in [4.69, 9.17) is 0 Å². The smallest absolute Gasteiger partial charge is 0.0420 e. The van der Waals surface area contributed by atoms with E-state index in [1.54, 1.807) is 0 Å². The molecule has 0 aliphatic carbocycles. The molecule has 12 aromatic rings. The van der Waals surface area contributed by atoms with Gasteiger partial charge in [-0.15, -0.1) is 0 Å². The lowest BCUT2D eigenvalue weighted by Crippen LogP contribution is -2.09. The van der Waals surface area contributed by atoms with E-state index in [0.29, 0.717) is 0 Å². The molecule has 0 aliphatic rings. The quantitative estimate of drug-likeness (QED) is 0.120. The Bertz CT molecular complexity index is 3550. The Hall–Kier alpha value is -9.76. The van der Waals surface area contributed by atoms with Crippen molar-refractivity contribution in [1.82, 2.24) is 0 Å². The molecule has 12 rings (SSSR count). The van der Waals surface area contributed by atoms with Crippen molar-refractivity contribution in [2.24, 2.45) is 0 Å². The summed E-state index contributed by atoms with van der Waals surface area (Å²) in [4.78, 5) is 4.49. The van der Waals surface area contributed by atoms with Crippen molar-refractivity contribution < 1.29 is 0 Å². The first-order chi connectivity index (χ1) is 37.5. The van der Waals surface area contributed by atoms with E-state index < -0.39 is 0 Å². The van der Waals surface area contributed by atoms with Gasteiger partial charge in [0, 0.05) is 36.8 Å². The van der Waals surface area contributed by atoms with Crippen LogP contribution in [0.4, 0.5) is 22.7 Å². The number of anilines is 4. The van der Waals surface area contributed by atoms with Crippen LogP contribution >= 0.6 is 0 Å². The Labute approximate surface area is 448 Å². The summed E-state index contributed by atoms with van der Waals surface area (Å²) in [7, 11) is 4.26. The highest BCUT2D eigenvalue weighted by Crippen LogP contribution is 2.36. The Kier molecular flexibility index (Phi) is 14.7. The van der Waals surface area contributed by atoms with Gasteiger partial charge in [-0.2, -0.15) is 0 Å². The molecule has 0 radical (unpaired) electrons. The summed E-state index contributed by atoms with van der Waals surface area (Å²) < 4.78 is 0. The molecular formula is C74H58N2. The second kappa shape index (κ2) is 23.0. The highest BCUT2D eigenvalue weighted by atomic mass is 15.1. The molecule has 2 heteroatoms. The van der Waals surface area contributed by atoms with E-state index in [0.717, 1.165) is 22.7 Å². The molecule has 364 valence electrons. The third-order valence-electron chi connectivity index (χ3n) is 14.3. The number of benzene rings is 12. The van der Waals surface area contributed by atoms with Gasteiger partial charge in [-0.05, 0) is 144 Å². The highest BCUT2D eigenvalue weighted by Gasteiger charge is 2.12. The number of hydrogen-bond acceptors (Lipinski definition) is 2. The second-order valence-electron chi connectivity index (χ2n) is 19.1. The van der Waals surface area contributed by atoms with Crippen molar-refractivity contribution in [3.63, 3.8) is 0 Å². The highest BCUT2D eigenvalue weighted by molar-refractivity contribution is 5.82. The van der Waals surface area contributed by atoms with Crippen molar-refractivity contribution in [2.45, 2.75) is 0 Å². The van der Waals surface area contributed by atoms with Crippen molar-refractivity contribution in [3.05, 3.63) is 315 Å². The predicted molar refractivity (Wildman–Crippen MR) is 325 cm³/mol. The van der Waals surface area contributed by atoms with Crippen LogP contribution in [0.5, 0.6) is 0 Å². The first-order valence-electron chi connectivity index (χ1n) is 26.0. The Morgan fingerprint density at radius 1 is 0.145 bits per heavy atom. The summed E-state index contributed by atoms with van der Waals surface area (Å²) in [6.45, 7) is 0. The minimum Gasteiger partial charge on any atom is -0.345 e. The average Bonchev–Trinajstić information content (AvgIpc) is 3.52. The van der Waals surface area contributed by atoms with Crippen LogP contribution < -0.4 is 9.80 Å². The van der Waals surface area contributed by atoms with Gasteiger partial charge in [0.25, 0.3) is 0 Å². The molecular weight excluding hydrogens is 917 g/mol. The van der Waals surface area contributed by atoms with Crippen LogP contribution in [0.3, 0.4) is 0 Å². The van der Waals surface area contributed by atoms with Gasteiger partial charge in [-0.25, -0.2) is 0 Å². The zero-order valence-corrected chi connectivity index (χ0v) is 42.9. The number of rotatable bonds is 12. The molecule has 0 atom stereocenters. The third-order valence-corrected chi connectivity index (χ3v) is 14.3. The van der Waals surface area contributed by atoms with Crippen LogP contribution in [0.15, 0.2) is 315 Å². The lowest BCUT2D eigenvalue weighted by atomic mass is 9.97. The maximum atomic E-state index is 2.28. The summed E-state index contributed by atoms with van der Waals surface area (Å²) in [6, 6.07) is 112. The van der Waals surface area contributed by atoms with Gasteiger partial charge in [0.2, 0.25) is 0 Å². The summed E-state index contributed by atoms with van der Waals surface area (Å²) in [5.74, 6) is 0. The number of hydrogen-bond donors (Lipinski definition) is 0. The lowest BCUT2D eigenvalue weighted by Gasteiger charge is -2.22. The van der Waals surface area contributed by atoms with Crippen LogP contribution in [0.1, 0.15) is 0 Å². The average molecular weight is 975 g/mol. The molecule has 2 nitrogen and oxygen atoms in total. The topological polar surface area (TPSA) is 6.48 Å². The minimum absolute atomic E-state index is 1.15. The van der Waals surface area contributed by atoms with Gasteiger partial charge < -0.3 is 9.80 Å². The summed E-state index contributed by atoms with van der Waals surface area (Å²) in [5, 5.41) is 0. The van der Waals surface area contributed by atoms with Gasteiger partial charge in [-0.3, -0.25) is 0 Å². The van der Waals surface area contributed by atoms with Gasteiger partial charge >= 0.3 is 0 Å². The molecule has 0 bridgehead atoms. The molecule has 0 aliphatic heterocycles. The normalized spacial score (nSPS) is 10.8. The van der Waals surface area contributed by atoms with Gasteiger partial charge in [-0.1, -0.05) is 261 Å². The SMILES string of the molecule is CN(c1ccc(-c2ccc(-c3ccccc3)cc2)cc1)c1cc(-c2ccccc2)cc(-c2ccccc2)c1.CN(c1ccc(-c2ccc(-c3ccccc3)cc2)cc1)c1ccc(-c2ccc(-c3ccccc3)cc2)cc1. The van der Waals surface area contributed by atoms with Crippen molar-refractivity contribution in [1.29, 1.82) is 0 Å². The Morgan fingerprint density at radius 2 is 0.303 bits per heavy atom. The second-order valence-corrected chi connectivity index (χ2v) is 19.1. The standard InChI is InChI=1S/2C37H29N/c1-38(36-23-21-33(22-24-36)32-19-17-31(18-20-32)28-11-5-2-6-12-28)37-26-34(29-13-7-3-8-14-29)25-35(27-37)30-15-9-4-10-16-30;1-38(36-24-20-34(21-25-36)32-16-12-30(13-17-32)28-8-4-2-5-9-28)37-26-22-35(23-27-37)33-18-14-31(15-19-33)29-10-6-3-7-11-29/h2*2-27H,1H3. The van der Waals surface area contributed by atoms with Gasteiger partial charge in [0.15, 0.2) is 0 Å². The molecule has 0 unspecified atom stereocenters. The molecule has 0 aromatic heterocycles. The zero-order valence-electron chi connectivity index (χ0n) is 42.9. The Morgan fingerprint density at radius 3 is 0.513 bits per heavy atom. The first-order valence-corrected chi connectivity index (χ1v) is 26.0. The van der Waals surface area contributed by atoms with Crippen LogP contribution in [0.2, 0.25) is 0 Å². The largest absolute Gasteiger partial charge is 0.345 e. The van der Waals surface area contributed by atoms with E-state index in [2.05, 4.69) is 339 Å². The van der Waals surface area contributed by atoms with Crippen molar-refractivity contribution >= 4 is 22.7 Å². The zero-order chi connectivity index (χ0) is 51.5. The molecule has 0 saturated heterocycles. The molecule has 0 spiro atoms. The molecule has 0 saturated carbocycles. The van der Waals surface area contributed by atoms with Crippen molar-refractivity contribution in [2.75, 3.05) is 23.9 Å². The molecule has 0 amide bonds. The predicted octanol–water partition coefficient (Wildman–Crippen LogP) is 20.2. The monoisotopic (exact) mass is 974 g/mol. The molecule has 0 fully saturated rings. The van der Waals surface area contributed by atoms with Crippen LogP contribution in [0, 0.1) is 0 Å². The summed E-state index contributed by atoms with van der Waals surface area (Å²) in [5.41, 5.74) is 24.2. The van der Waals surface area contributed by atoms with Crippen LogP contribution in [-0.4, -0.2) is 14.1 Å². The van der Waals surface area contributed by atoms with Gasteiger partial charge in [0.1, 0.15) is 0 Å². The summed E-state index contributed by atoms with van der Waals surface area (Å²) in [6.07, 6.45) is 0. The molecule has 12 aromatic carbocycles. The van der Waals surface area contributed by atoms with E-state index in [1.165, 1.54) is 89.0 Å². The fraction of sp³-hybridized carbons (Fsp3) is 0.0270. The maximum absolute atomic E-state index is 2.28. The fourth-order valence-corrected chi connectivity index (χ4v) is 9.79. The maximum Gasteiger partial charge on any atom is 0.0420 e. The molecule has 76 heavy (non-hydrogen) atoms. The van der Waals surface area contributed by atoms with E-state index in [1.807, 2.05) is 0 Å². The molecule has 0 heterocycles. The van der Waals surface area contributed by atoms with Crippen molar-refractivity contribution in [3.8, 4) is 89.0 Å². The summed E-state index contributed by atoms with van der Waals surface area (Å²) >= 11 is 0. The first kappa shape index (κ1) is 48.5. The Balaban J connectivity index is 0.000000162. The third kappa shape index (κ3) is 11.4. The lowest BCUT2D eigenvalue weighted by molar-refractivity contribution is 1.21. The fourth-order valence-electron chi connectivity index (χ4n) is 9.79. The van der Waals surface area contributed by atoms with E-state index in [9.17, 15) is 0 Å². The van der Waals surface area contributed by atoms with Gasteiger partial charge in [0.05, 0.1) is 0 Å². The number of nitrogens with zero attached hydrogens (tertiary/aromatic N) is 2. The van der Waals surface area contributed by atoms with Crippen LogP contribution in [-0.2, 0) is 0 Å². The molecule has 0 N–H and O–H groups in total.